The number of pyridine rings is 1. The van der Waals surface area contributed by atoms with Crippen LogP contribution in [0.15, 0.2) is 52.3 Å². The fourth-order valence-electron chi connectivity index (χ4n) is 1.91. The van der Waals surface area contributed by atoms with Crippen LogP contribution in [0.5, 0.6) is 0 Å². The van der Waals surface area contributed by atoms with E-state index in [1.54, 1.807) is 0 Å². The summed E-state index contributed by atoms with van der Waals surface area (Å²) in [4.78, 5) is 18.3. The number of nitrogens with zero attached hydrogens (tertiary/aromatic N) is 1. The van der Waals surface area contributed by atoms with E-state index in [0.717, 1.165) is 26.8 Å². The van der Waals surface area contributed by atoms with E-state index in [9.17, 15) is 4.79 Å². The maximum Gasteiger partial charge on any atom is 0.200 e. The summed E-state index contributed by atoms with van der Waals surface area (Å²) in [6.45, 7) is 1.94. The van der Waals surface area contributed by atoms with Gasteiger partial charge in [0, 0.05) is 16.2 Å². The topological polar surface area (TPSA) is 30.0 Å². The van der Waals surface area contributed by atoms with Crippen LogP contribution >= 0.6 is 11.8 Å². The maximum absolute atomic E-state index is 12.2. The molecular weight excluding hydrogens is 242 g/mol. The highest BCUT2D eigenvalue weighted by Crippen LogP contribution is 2.40. The van der Waals surface area contributed by atoms with Crippen LogP contribution in [-0.4, -0.2) is 10.8 Å². The van der Waals surface area contributed by atoms with Crippen LogP contribution in [0, 0.1) is 6.92 Å². The number of fused-ring (bicyclic) bond motifs is 1. The van der Waals surface area contributed by atoms with Crippen molar-refractivity contribution in [3.8, 4) is 0 Å². The Morgan fingerprint density at radius 2 is 1.94 bits per heavy atom. The second-order valence-electron chi connectivity index (χ2n) is 4.14. The van der Waals surface area contributed by atoms with Crippen LogP contribution in [0.4, 0.5) is 0 Å². The van der Waals surface area contributed by atoms with E-state index in [2.05, 4.69) is 4.98 Å². The second kappa shape index (κ2) is 4.42. The molecule has 0 radical (unpaired) electrons. The van der Waals surface area contributed by atoms with E-state index >= 15 is 0 Å². The third kappa shape index (κ3) is 1.97. The van der Waals surface area contributed by atoms with Gasteiger partial charge in [-0.25, -0.2) is 0 Å². The summed E-state index contributed by atoms with van der Waals surface area (Å²) in [5, 5.41) is 0. The summed E-state index contributed by atoms with van der Waals surface area (Å²) in [6.07, 6.45) is 1.86. The third-order valence-electron chi connectivity index (χ3n) is 2.76. The summed E-state index contributed by atoms with van der Waals surface area (Å²) >= 11 is 1.52. The molecule has 0 aliphatic carbocycles. The highest BCUT2D eigenvalue weighted by Gasteiger charge is 2.25. The monoisotopic (exact) mass is 253 g/mol. The predicted octanol–water partition coefficient (Wildman–Crippen LogP) is 3.72. The molecule has 88 valence electrons. The van der Waals surface area contributed by atoms with Gasteiger partial charge in [0.1, 0.15) is 0 Å². The number of allylic oxidation sites excluding steroid dienone is 1. The van der Waals surface area contributed by atoms with Crippen molar-refractivity contribution in [2.45, 2.75) is 11.8 Å². The Labute approximate surface area is 110 Å². The molecule has 0 bridgehead atoms. The van der Waals surface area contributed by atoms with Gasteiger partial charge >= 0.3 is 0 Å². The quantitative estimate of drug-likeness (QED) is 0.725. The lowest BCUT2D eigenvalue weighted by Crippen LogP contribution is -1.94. The number of thioether (sulfide) groups is 1. The van der Waals surface area contributed by atoms with Gasteiger partial charge in [-0.1, -0.05) is 30.0 Å². The van der Waals surface area contributed by atoms with Crippen molar-refractivity contribution >= 4 is 23.6 Å². The van der Waals surface area contributed by atoms with Gasteiger partial charge in [-0.15, -0.1) is 0 Å². The highest BCUT2D eigenvalue weighted by atomic mass is 32.2. The number of aryl methyl sites for hydroxylation is 1. The van der Waals surface area contributed by atoms with E-state index in [0.29, 0.717) is 0 Å². The van der Waals surface area contributed by atoms with Crippen molar-refractivity contribution < 1.29 is 4.79 Å². The molecule has 2 nitrogen and oxygen atoms in total. The minimum atomic E-state index is 0.0962. The van der Waals surface area contributed by atoms with Gasteiger partial charge in [0.15, 0.2) is 0 Å². The molecule has 0 atom stereocenters. The van der Waals surface area contributed by atoms with Crippen molar-refractivity contribution in [3.63, 3.8) is 0 Å². The van der Waals surface area contributed by atoms with E-state index in [4.69, 9.17) is 0 Å². The lowest BCUT2D eigenvalue weighted by molar-refractivity contribution is 0.104. The second-order valence-corrected chi connectivity index (χ2v) is 5.22. The van der Waals surface area contributed by atoms with Crippen molar-refractivity contribution in [2.75, 3.05) is 0 Å². The number of hydrogen-bond donors (Lipinski definition) is 0. The number of ketones is 1. The zero-order chi connectivity index (χ0) is 12.5. The lowest BCUT2D eigenvalue weighted by atomic mass is 10.1. The van der Waals surface area contributed by atoms with Crippen LogP contribution < -0.4 is 0 Å². The number of carbonyl (C=O) groups is 1. The van der Waals surface area contributed by atoms with Gasteiger partial charge < -0.3 is 0 Å². The predicted molar refractivity (Wildman–Crippen MR) is 73.6 cm³/mol. The summed E-state index contributed by atoms with van der Waals surface area (Å²) in [5.41, 5.74) is 2.58. The first kappa shape index (κ1) is 11.2. The molecule has 2 aromatic rings. The molecule has 0 spiro atoms. The molecular formula is C15H11NOS. The van der Waals surface area contributed by atoms with E-state index in [-0.39, 0.29) is 5.78 Å². The minimum Gasteiger partial charge on any atom is -0.288 e. The number of carbonyl (C=O) groups excluding carboxylic acids is 1. The van der Waals surface area contributed by atoms with Crippen molar-refractivity contribution in [1.29, 1.82) is 0 Å². The van der Waals surface area contributed by atoms with Crippen LogP contribution in [0.1, 0.15) is 21.7 Å². The summed E-state index contributed by atoms with van der Waals surface area (Å²) in [6, 6.07) is 13.5. The van der Waals surface area contributed by atoms with Gasteiger partial charge in [-0.2, -0.15) is 0 Å². The summed E-state index contributed by atoms with van der Waals surface area (Å²) in [5.74, 6) is 0.0962. The Hall–Kier alpha value is -1.87. The maximum atomic E-state index is 12.2. The van der Waals surface area contributed by atoms with Crippen molar-refractivity contribution in [1.82, 2.24) is 4.98 Å². The number of Topliss-reactive ketones (excluding diaryl/α,β-unsaturated/α-hetero) is 1. The Balaban J connectivity index is 1.99. The normalized spacial score (nSPS) is 16.1. The first-order valence-electron chi connectivity index (χ1n) is 5.71. The molecule has 0 saturated carbocycles. The largest absolute Gasteiger partial charge is 0.288 e. The van der Waals surface area contributed by atoms with Crippen molar-refractivity contribution in [3.05, 3.63) is 64.3 Å². The molecule has 0 amide bonds. The minimum absolute atomic E-state index is 0.0962. The summed E-state index contributed by atoms with van der Waals surface area (Å²) < 4.78 is 0. The number of hydrogen-bond acceptors (Lipinski definition) is 3. The Kier molecular flexibility index (Phi) is 2.76. The van der Waals surface area contributed by atoms with Gasteiger partial charge in [-0.3, -0.25) is 9.78 Å². The number of benzene rings is 1. The summed E-state index contributed by atoms with van der Waals surface area (Å²) in [7, 11) is 0. The molecule has 3 heteroatoms. The van der Waals surface area contributed by atoms with E-state index in [1.807, 2.05) is 55.5 Å². The first-order chi connectivity index (χ1) is 8.74. The molecule has 1 aromatic heterocycles. The molecule has 3 rings (SSSR count). The lowest BCUT2D eigenvalue weighted by Gasteiger charge is -1.97. The van der Waals surface area contributed by atoms with Crippen LogP contribution in [-0.2, 0) is 0 Å². The standard InChI is InChI=1S/C15H11NOS/c1-10-5-4-6-11(16-10)9-14-15(17)12-7-2-3-8-13(12)18-14/h2-9H,1H3/b14-9-. The number of rotatable bonds is 1. The van der Waals surface area contributed by atoms with E-state index in [1.165, 1.54) is 11.8 Å². The molecule has 1 aliphatic heterocycles. The van der Waals surface area contributed by atoms with Crippen molar-refractivity contribution in [2.24, 2.45) is 0 Å². The zero-order valence-corrected chi connectivity index (χ0v) is 10.7. The molecule has 2 heterocycles. The fourth-order valence-corrected chi connectivity index (χ4v) is 2.95. The zero-order valence-electron chi connectivity index (χ0n) is 9.88. The van der Waals surface area contributed by atoms with Crippen LogP contribution in [0.2, 0.25) is 0 Å². The SMILES string of the molecule is Cc1cccc(/C=C2\Sc3ccccc3C2=O)n1. The Bertz CT molecular complexity index is 661. The van der Waals surface area contributed by atoms with E-state index < -0.39 is 0 Å². The van der Waals surface area contributed by atoms with Gasteiger partial charge in [0.05, 0.1) is 10.6 Å². The van der Waals surface area contributed by atoms with Gasteiger partial charge in [0.25, 0.3) is 0 Å². The average molecular weight is 253 g/mol. The number of aromatic nitrogens is 1. The highest BCUT2D eigenvalue weighted by molar-refractivity contribution is 8.04. The molecule has 18 heavy (non-hydrogen) atoms. The van der Waals surface area contributed by atoms with Gasteiger partial charge in [-0.05, 0) is 37.3 Å². The Morgan fingerprint density at radius 3 is 2.72 bits per heavy atom. The molecule has 0 N–H and O–H groups in total. The third-order valence-corrected chi connectivity index (χ3v) is 3.86. The molecule has 1 aliphatic rings. The molecule has 0 unspecified atom stereocenters. The first-order valence-corrected chi connectivity index (χ1v) is 6.52. The van der Waals surface area contributed by atoms with Crippen LogP contribution in [0.3, 0.4) is 0 Å². The molecule has 0 saturated heterocycles. The molecule has 0 fully saturated rings. The molecule has 1 aromatic carbocycles. The smallest absolute Gasteiger partial charge is 0.200 e. The van der Waals surface area contributed by atoms with Crippen LogP contribution in [0.25, 0.3) is 6.08 Å². The Morgan fingerprint density at radius 1 is 1.11 bits per heavy atom. The average Bonchev–Trinajstić information content (AvgIpc) is 2.67. The fraction of sp³-hybridized carbons (Fsp3) is 0.0667. The van der Waals surface area contributed by atoms with Gasteiger partial charge in [0.2, 0.25) is 5.78 Å².